The lowest BCUT2D eigenvalue weighted by Crippen LogP contribution is -2.44. The number of aryl methyl sites for hydroxylation is 1. The first kappa shape index (κ1) is 9.37. The van der Waals surface area contributed by atoms with Crippen molar-refractivity contribution in [2.24, 2.45) is 0 Å². The molecule has 0 aliphatic heterocycles. The first-order chi connectivity index (χ1) is 6.57. The molecule has 76 valence electrons. The molecule has 2 rings (SSSR count). The summed E-state index contributed by atoms with van der Waals surface area (Å²) in [6.45, 7) is 1.91. The number of hydrogen-bond acceptors (Lipinski definition) is 2. The molecular weight excluding hydrogens is 186 g/mol. The molecule has 1 aliphatic rings. The van der Waals surface area contributed by atoms with Gasteiger partial charge in [0.2, 0.25) is 0 Å². The van der Waals surface area contributed by atoms with Crippen molar-refractivity contribution in [1.29, 1.82) is 0 Å². The van der Waals surface area contributed by atoms with Gasteiger partial charge < -0.3 is 5.32 Å². The van der Waals surface area contributed by atoms with Crippen molar-refractivity contribution in [3.05, 3.63) is 24.0 Å². The molecule has 4 heteroatoms. The fourth-order valence-corrected chi connectivity index (χ4v) is 1.62. The molecule has 1 N–H and O–H groups in total. The van der Waals surface area contributed by atoms with Crippen LogP contribution in [0.15, 0.2) is 18.5 Å². The molecule has 1 heterocycles. The molecule has 0 aromatic carbocycles. The maximum atomic E-state index is 12.5. The lowest BCUT2D eigenvalue weighted by atomic mass is 9.88. The van der Waals surface area contributed by atoms with E-state index in [9.17, 15) is 8.78 Å². The van der Waals surface area contributed by atoms with E-state index in [2.05, 4.69) is 10.3 Å². The zero-order chi connectivity index (χ0) is 10.2. The van der Waals surface area contributed by atoms with Gasteiger partial charge >= 0.3 is 0 Å². The van der Waals surface area contributed by atoms with Gasteiger partial charge in [0.25, 0.3) is 5.92 Å². The van der Waals surface area contributed by atoms with Gasteiger partial charge in [-0.25, -0.2) is 8.78 Å². The van der Waals surface area contributed by atoms with Crippen molar-refractivity contribution in [2.75, 3.05) is 5.32 Å². The van der Waals surface area contributed by atoms with Crippen LogP contribution in [0.2, 0.25) is 0 Å². The fourth-order valence-electron chi connectivity index (χ4n) is 1.62. The topological polar surface area (TPSA) is 24.9 Å². The summed E-state index contributed by atoms with van der Waals surface area (Å²) in [5.74, 6) is -2.46. The molecular formula is C10H12F2N2. The molecule has 2 nitrogen and oxygen atoms in total. The Morgan fingerprint density at radius 2 is 2.21 bits per heavy atom. The largest absolute Gasteiger partial charge is 0.382 e. The Bertz CT molecular complexity index is 331. The van der Waals surface area contributed by atoms with E-state index in [1.54, 1.807) is 12.4 Å². The van der Waals surface area contributed by atoms with Crippen molar-refractivity contribution in [3.63, 3.8) is 0 Å². The van der Waals surface area contributed by atoms with Gasteiger partial charge in [0.05, 0.1) is 0 Å². The minimum absolute atomic E-state index is 0.0608. The van der Waals surface area contributed by atoms with Crippen LogP contribution in [0, 0.1) is 6.92 Å². The number of nitrogens with zero attached hydrogens (tertiary/aromatic N) is 1. The highest BCUT2D eigenvalue weighted by Crippen LogP contribution is 2.39. The minimum Gasteiger partial charge on any atom is -0.382 e. The number of anilines is 1. The Labute approximate surface area is 81.4 Å². The van der Waals surface area contributed by atoms with Crippen LogP contribution < -0.4 is 5.32 Å². The molecule has 0 unspecified atom stereocenters. The van der Waals surface area contributed by atoms with Gasteiger partial charge in [-0.1, -0.05) is 0 Å². The van der Waals surface area contributed by atoms with Gasteiger partial charge in [0, 0.05) is 37.0 Å². The second kappa shape index (κ2) is 3.19. The predicted molar refractivity (Wildman–Crippen MR) is 50.6 cm³/mol. The number of halogens is 2. The normalized spacial score (nSPS) is 20.2. The second-order valence-corrected chi connectivity index (χ2v) is 3.80. The van der Waals surface area contributed by atoms with Crippen molar-refractivity contribution in [2.45, 2.75) is 31.7 Å². The van der Waals surface area contributed by atoms with Crippen molar-refractivity contribution in [3.8, 4) is 0 Å². The molecule has 0 saturated heterocycles. The SMILES string of the molecule is Cc1cnccc1NC1CC(F)(F)C1. The molecule has 1 saturated carbocycles. The monoisotopic (exact) mass is 198 g/mol. The Morgan fingerprint density at radius 3 is 2.79 bits per heavy atom. The standard InChI is InChI=1S/C10H12F2N2/c1-7-6-13-3-2-9(7)14-8-4-10(11,12)5-8/h2-3,6,8H,4-5H2,1H3,(H,13,14). The van der Waals surface area contributed by atoms with Crippen molar-refractivity contribution in [1.82, 2.24) is 4.98 Å². The molecule has 1 aromatic heterocycles. The zero-order valence-corrected chi connectivity index (χ0v) is 7.93. The van der Waals surface area contributed by atoms with E-state index < -0.39 is 5.92 Å². The smallest absolute Gasteiger partial charge is 0.252 e. The summed E-state index contributed by atoms with van der Waals surface area (Å²) in [4.78, 5) is 3.94. The lowest BCUT2D eigenvalue weighted by molar-refractivity contribution is -0.0793. The summed E-state index contributed by atoms with van der Waals surface area (Å²) in [7, 11) is 0. The molecule has 14 heavy (non-hydrogen) atoms. The average Bonchev–Trinajstić information content (AvgIpc) is 2.05. The van der Waals surface area contributed by atoms with Crippen LogP contribution in [-0.4, -0.2) is 16.9 Å². The number of alkyl halides is 2. The van der Waals surface area contributed by atoms with Crippen LogP contribution in [0.25, 0.3) is 0 Å². The molecule has 1 fully saturated rings. The highest BCUT2D eigenvalue weighted by molar-refractivity contribution is 5.49. The molecule has 0 bridgehead atoms. The first-order valence-electron chi connectivity index (χ1n) is 4.62. The summed E-state index contributed by atoms with van der Waals surface area (Å²) in [5, 5.41) is 3.08. The maximum Gasteiger partial charge on any atom is 0.252 e. The third-order valence-corrected chi connectivity index (χ3v) is 2.47. The van der Waals surface area contributed by atoms with Crippen LogP contribution in [0.4, 0.5) is 14.5 Å². The number of hydrogen-bond donors (Lipinski definition) is 1. The van der Waals surface area contributed by atoms with Gasteiger partial charge in [-0.15, -0.1) is 0 Å². The highest BCUT2D eigenvalue weighted by Gasteiger charge is 2.45. The Hall–Kier alpha value is -1.19. The number of pyridine rings is 1. The van der Waals surface area contributed by atoms with E-state index in [-0.39, 0.29) is 18.9 Å². The van der Waals surface area contributed by atoms with Crippen molar-refractivity contribution >= 4 is 5.69 Å². The van der Waals surface area contributed by atoms with E-state index in [1.165, 1.54) is 0 Å². The third-order valence-electron chi connectivity index (χ3n) is 2.47. The molecule has 0 radical (unpaired) electrons. The Kier molecular flexibility index (Phi) is 2.13. The number of nitrogens with one attached hydrogen (secondary N) is 1. The second-order valence-electron chi connectivity index (χ2n) is 3.80. The van der Waals surface area contributed by atoms with Crippen LogP contribution >= 0.6 is 0 Å². The summed E-state index contributed by atoms with van der Waals surface area (Å²) >= 11 is 0. The molecule has 0 amide bonds. The van der Waals surface area contributed by atoms with E-state index in [4.69, 9.17) is 0 Å². The van der Waals surface area contributed by atoms with E-state index in [0.717, 1.165) is 11.3 Å². The van der Waals surface area contributed by atoms with Crippen LogP contribution in [0.5, 0.6) is 0 Å². The summed E-state index contributed by atoms with van der Waals surface area (Å²) in [5.41, 5.74) is 1.89. The van der Waals surface area contributed by atoms with Gasteiger partial charge in [-0.05, 0) is 18.6 Å². The maximum absolute atomic E-state index is 12.5. The molecule has 1 aliphatic carbocycles. The zero-order valence-electron chi connectivity index (χ0n) is 7.93. The average molecular weight is 198 g/mol. The van der Waals surface area contributed by atoms with Gasteiger partial charge in [0.15, 0.2) is 0 Å². The molecule has 0 spiro atoms. The van der Waals surface area contributed by atoms with Crippen LogP contribution in [-0.2, 0) is 0 Å². The van der Waals surface area contributed by atoms with Crippen LogP contribution in [0.1, 0.15) is 18.4 Å². The lowest BCUT2D eigenvalue weighted by Gasteiger charge is -2.36. The fraction of sp³-hybridized carbons (Fsp3) is 0.500. The van der Waals surface area contributed by atoms with Gasteiger partial charge in [-0.2, -0.15) is 0 Å². The third kappa shape index (κ3) is 1.84. The highest BCUT2D eigenvalue weighted by atomic mass is 19.3. The van der Waals surface area contributed by atoms with Crippen LogP contribution in [0.3, 0.4) is 0 Å². The first-order valence-corrected chi connectivity index (χ1v) is 4.62. The van der Waals surface area contributed by atoms with E-state index in [1.807, 2.05) is 13.0 Å². The summed E-state index contributed by atoms with van der Waals surface area (Å²) in [6.07, 6.45) is 3.26. The van der Waals surface area contributed by atoms with Gasteiger partial charge in [0.1, 0.15) is 0 Å². The predicted octanol–water partition coefficient (Wildman–Crippen LogP) is 2.60. The Morgan fingerprint density at radius 1 is 1.50 bits per heavy atom. The van der Waals surface area contributed by atoms with E-state index >= 15 is 0 Å². The number of aromatic nitrogens is 1. The van der Waals surface area contributed by atoms with Gasteiger partial charge in [-0.3, -0.25) is 4.98 Å². The Balaban J connectivity index is 1.97. The minimum atomic E-state index is -2.46. The number of rotatable bonds is 2. The molecule has 1 aromatic rings. The summed E-state index contributed by atoms with van der Waals surface area (Å²) < 4.78 is 25.1. The quantitative estimate of drug-likeness (QED) is 0.790. The molecule has 0 atom stereocenters. The summed E-state index contributed by atoms with van der Waals surface area (Å²) in [6, 6.07) is 1.72. The van der Waals surface area contributed by atoms with Crippen molar-refractivity contribution < 1.29 is 8.78 Å². The van der Waals surface area contributed by atoms with E-state index in [0.29, 0.717) is 0 Å².